The zero-order chi connectivity index (χ0) is 17.8. The van der Waals surface area contributed by atoms with E-state index in [2.05, 4.69) is 10.2 Å². The van der Waals surface area contributed by atoms with Crippen molar-refractivity contribution < 1.29 is 9.18 Å². The van der Waals surface area contributed by atoms with Crippen molar-refractivity contribution in [3.63, 3.8) is 0 Å². The predicted octanol–water partition coefficient (Wildman–Crippen LogP) is 3.63. The molecule has 0 bridgehead atoms. The molecule has 0 aromatic heterocycles. The number of anilines is 2. The first kappa shape index (κ1) is 17.7. The summed E-state index contributed by atoms with van der Waals surface area (Å²) >= 11 is 5.95. The minimum Gasteiger partial charge on any atom is -0.367 e. The molecule has 1 unspecified atom stereocenters. The lowest BCUT2D eigenvalue weighted by atomic mass is 10.2. The van der Waals surface area contributed by atoms with Crippen molar-refractivity contribution in [1.29, 1.82) is 0 Å². The summed E-state index contributed by atoms with van der Waals surface area (Å²) in [7, 11) is 0. The third kappa shape index (κ3) is 4.30. The van der Waals surface area contributed by atoms with Crippen molar-refractivity contribution >= 4 is 28.9 Å². The van der Waals surface area contributed by atoms with Crippen molar-refractivity contribution in [2.75, 3.05) is 36.4 Å². The Balaban J connectivity index is 1.57. The van der Waals surface area contributed by atoms with Gasteiger partial charge < -0.3 is 10.2 Å². The van der Waals surface area contributed by atoms with Crippen LogP contribution in [-0.2, 0) is 4.79 Å². The van der Waals surface area contributed by atoms with Crippen LogP contribution in [0.2, 0.25) is 5.02 Å². The molecule has 0 aliphatic carbocycles. The molecule has 0 saturated carbocycles. The van der Waals surface area contributed by atoms with Gasteiger partial charge in [0, 0.05) is 36.9 Å². The van der Waals surface area contributed by atoms with Crippen molar-refractivity contribution in [1.82, 2.24) is 4.90 Å². The number of rotatable bonds is 4. The molecule has 2 aromatic carbocycles. The summed E-state index contributed by atoms with van der Waals surface area (Å²) in [6.45, 7) is 4.68. The normalized spacial score (nSPS) is 16.5. The highest BCUT2D eigenvalue weighted by atomic mass is 35.5. The molecule has 4 nitrogen and oxygen atoms in total. The standard InChI is InChI=1S/C19H21ClFN3O/c1-14(19(25)22-16-6-4-5-15(20)13-16)23-9-11-24(12-10-23)18-8-3-2-7-17(18)21/h2-8,13-14H,9-12H2,1H3,(H,22,25). The Bertz CT molecular complexity index is 747. The number of carbonyl (C=O) groups is 1. The smallest absolute Gasteiger partial charge is 0.241 e. The van der Waals surface area contributed by atoms with Gasteiger partial charge in [0.05, 0.1) is 11.7 Å². The van der Waals surface area contributed by atoms with Gasteiger partial charge in [-0.15, -0.1) is 0 Å². The summed E-state index contributed by atoms with van der Waals surface area (Å²) in [6.07, 6.45) is 0. The van der Waals surface area contributed by atoms with E-state index in [1.807, 2.05) is 24.0 Å². The van der Waals surface area contributed by atoms with Crippen molar-refractivity contribution in [2.24, 2.45) is 0 Å². The number of hydrogen-bond acceptors (Lipinski definition) is 3. The topological polar surface area (TPSA) is 35.6 Å². The Morgan fingerprint density at radius 1 is 1.12 bits per heavy atom. The van der Waals surface area contributed by atoms with Crippen molar-refractivity contribution in [3.05, 3.63) is 59.4 Å². The second kappa shape index (κ2) is 7.85. The maximum absolute atomic E-state index is 13.9. The van der Waals surface area contributed by atoms with Crippen LogP contribution in [0.4, 0.5) is 15.8 Å². The lowest BCUT2D eigenvalue weighted by molar-refractivity contribution is -0.120. The fourth-order valence-corrected chi connectivity index (χ4v) is 3.23. The Hall–Kier alpha value is -2.11. The molecule has 1 amide bonds. The molecule has 25 heavy (non-hydrogen) atoms. The first-order chi connectivity index (χ1) is 12.0. The molecule has 0 spiro atoms. The Labute approximate surface area is 152 Å². The third-order valence-corrected chi connectivity index (χ3v) is 4.76. The number of benzene rings is 2. The largest absolute Gasteiger partial charge is 0.367 e. The Kier molecular flexibility index (Phi) is 5.56. The van der Waals surface area contributed by atoms with Gasteiger partial charge in [-0.3, -0.25) is 9.69 Å². The summed E-state index contributed by atoms with van der Waals surface area (Å²) in [5.41, 5.74) is 1.31. The molecule has 3 rings (SSSR count). The van der Waals surface area contributed by atoms with E-state index in [-0.39, 0.29) is 17.8 Å². The lowest BCUT2D eigenvalue weighted by Crippen LogP contribution is -2.53. The first-order valence-corrected chi connectivity index (χ1v) is 8.72. The zero-order valence-electron chi connectivity index (χ0n) is 14.1. The number of halogens is 2. The van der Waals surface area contributed by atoms with Gasteiger partial charge in [0.25, 0.3) is 0 Å². The number of carbonyl (C=O) groups excluding carboxylic acids is 1. The second-order valence-electron chi connectivity index (χ2n) is 6.15. The lowest BCUT2D eigenvalue weighted by Gasteiger charge is -2.38. The molecule has 2 aromatic rings. The molecular formula is C19H21ClFN3O. The van der Waals surface area contributed by atoms with E-state index < -0.39 is 0 Å². The quantitative estimate of drug-likeness (QED) is 0.903. The summed E-state index contributed by atoms with van der Waals surface area (Å²) in [6, 6.07) is 13.6. The van der Waals surface area contributed by atoms with Crippen LogP contribution in [0, 0.1) is 5.82 Å². The van der Waals surface area contributed by atoms with E-state index in [9.17, 15) is 9.18 Å². The van der Waals surface area contributed by atoms with Crippen LogP contribution in [0.15, 0.2) is 48.5 Å². The SMILES string of the molecule is CC(C(=O)Nc1cccc(Cl)c1)N1CCN(c2ccccc2F)CC1. The molecule has 1 saturated heterocycles. The minimum absolute atomic E-state index is 0.0680. The number of hydrogen-bond donors (Lipinski definition) is 1. The number of nitrogens with zero attached hydrogens (tertiary/aromatic N) is 2. The highest BCUT2D eigenvalue weighted by Crippen LogP contribution is 2.21. The molecule has 1 N–H and O–H groups in total. The van der Waals surface area contributed by atoms with Crippen molar-refractivity contribution in [3.8, 4) is 0 Å². The van der Waals surface area contributed by atoms with E-state index >= 15 is 0 Å². The Morgan fingerprint density at radius 3 is 2.52 bits per heavy atom. The van der Waals surface area contributed by atoms with Crippen LogP contribution in [-0.4, -0.2) is 43.0 Å². The van der Waals surface area contributed by atoms with Crippen molar-refractivity contribution in [2.45, 2.75) is 13.0 Å². The van der Waals surface area contributed by atoms with Crippen LogP contribution in [0.5, 0.6) is 0 Å². The first-order valence-electron chi connectivity index (χ1n) is 8.34. The van der Waals surface area contributed by atoms with Gasteiger partial charge in [0.1, 0.15) is 5.82 Å². The summed E-state index contributed by atoms with van der Waals surface area (Å²) in [5.74, 6) is -0.274. The van der Waals surface area contributed by atoms with Gasteiger partial charge in [0.2, 0.25) is 5.91 Å². The average molecular weight is 362 g/mol. The van der Waals surface area contributed by atoms with Crippen LogP contribution < -0.4 is 10.2 Å². The third-order valence-electron chi connectivity index (χ3n) is 4.53. The summed E-state index contributed by atoms with van der Waals surface area (Å²) < 4.78 is 13.9. The number of para-hydroxylation sites is 1. The predicted molar refractivity (Wildman–Crippen MR) is 99.7 cm³/mol. The number of nitrogens with one attached hydrogen (secondary N) is 1. The summed E-state index contributed by atoms with van der Waals surface area (Å²) in [4.78, 5) is 16.6. The monoisotopic (exact) mass is 361 g/mol. The van der Waals surface area contributed by atoms with Crippen LogP contribution >= 0.6 is 11.6 Å². The fourth-order valence-electron chi connectivity index (χ4n) is 3.04. The molecule has 1 aliphatic rings. The van der Waals surface area contributed by atoms with E-state index in [1.54, 1.807) is 30.3 Å². The maximum Gasteiger partial charge on any atom is 0.241 e. The molecule has 1 heterocycles. The average Bonchev–Trinajstić information content (AvgIpc) is 2.62. The molecular weight excluding hydrogens is 341 g/mol. The molecule has 132 valence electrons. The van der Waals surface area contributed by atoms with Gasteiger partial charge >= 0.3 is 0 Å². The number of piperazine rings is 1. The van der Waals surface area contributed by atoms with E-state index in [0.717, 1.165) is 0 Å². The van der Waals surface area contributed by atoms with E-state index in [0.29, 0.717) is 42.6 Å². The van der Waals surface area contributed by atoms with Gasteiger partial charge in [-0.05, 0) is 37.3 Å². The van der Waals surface area contributed by atoms with Crippen LogP contribution in [0.25, 0.3) is 0 Å². The highest BCUT2D eigenvalue weighted by molar-refractivity contribution is 6.30. The van der Waals surface area contributed by atoms with Gasteiger partial charge in [-0.25, -0.2) is 4.39 Å². The maximum atomic E-state index is 13.9. The molecule has 1 atom stereocenters. The van der Waals surface area contributed by atoms with Crippen LogP contribution in [0.3, 0.4) is 0 Å². The van der Waals surface area contributed by atoms with Gasteiger partial charge in [0.15, 0.2) is 0 Å². The minimum atomic E-state index is -0.262. The fraction of sp³-hybridized carbons (Fsp3) is 0.316. The molecule has 1 aliphatic heterocycles. The van der Waals surface area contributed by atoms with Gasteiger partial charge in [-0.2, -0.15) is 0 Å². The number of amides is 1. The van der Waals surface area contributed by atoms with E-state index in [1.165, 1.54) is 6.07 Å². The molecule has 0 radical (unpaired) electrons. The van der Waals surface area contributed by atoms with E-state index in [4.69, 9.17) is 11.6 Å². The molecule has 6 heteroatoms. The highest BCUT2D eigenvalue weighted by Gasteiger charge is 2.26. The summed E-state index contributed by atoms with van der Waals surface area (Å²) in [5, 5.41) is 3.48. The zero-order valence-corrected chi connectivity index (χ0v) is 14.8. The molecule has 1 fully saturated rings. The Morgan fingerprint density at radius 2 is 1.84 bits per heavy atom. The second-order valence-corrected chi connectivity index (χ2v) is 6.59. The van der Waals surface area contributed by atoms with Crippen LogP contribution in [0.1, 0.15) is 6.92 Å². The van der Waals surface area contributed by atoms with Gasteiger partial charge in [-0.1, -0.05) is 29.8 Å².